The normalized spacial score (nSPS) is 19.8. The van der Waals surface area contributed by atoms with Crippen LogP contribution in [0.4, 0.5) is 0 Å². The zero-order valence-electron chi connectivity index (χ0n) is 15.1. The first-order chi connectivity index (χ1) is 12.6. The first-order valence-corrected chi connectivity index (χ1v) is 9.08. The van der Waals surface area contributed by atoms with E-state index in [1.807, 2.05) is 12.1 Å². The quantitative estimate of drug-likeness (QED) is 0.828. The van der Waals surface area contributed by atoms with Crippen LogP contribution in [0.5, 0.6) is 0 Å². The highest BCUT2D eigenvalue weighted by atomic mass is 16.5. The number of rotatable bonds is 7. The fraction of sp³-hybridized carbons (Fsp3) is 0.429. The summed E-state index contributed by atoms with van der Waals surface area (Å²) in [6.07, 6.45) is 2.53. The standard InChI is InChI=1S/C21H25NO4/c1-26-19-12-18(13-21(24)25)22(14-19)20(23)8-4-5-15-9-10-16-6-2-3-7-17(16)11-15/h2-3,6-7,9-11,18-19H,4-5,8,12-14H2,1H3,(H,24,25). The van der Waals surface area contributed by atoms with Crippen molar-refractivity contribution >= 4 is 22.6 Å². The molecule has 1 aliphatic rings. The maximum atomic E-state index is 12.6. The van der Waals surface area contributed by atoms with Gasteiger partial charge in [0.1, 0.15) is 0 Å². The Morgan fingerprint density at radius 2 is 1.96 bits per heavy atom. The van der Waals surface area contributed by atoms with E-state index < -0.39 is 5.97 Å². The molecule has 0 bridgehead atoms. The molecular formula is C21H25NO4. The summed E-state index contributed by atoms with van der Waals surface area (Å²) in [4.78, 5) is 25.3. The van der Waals surface area contributed by atoms with Crippen LogP contribution in [0.15, 0.2) is 42.5 Å². The number of carbonyl (C=O) groups is 2. The van der Waals surface area contributed by atoms with Crippen LogP contribution in [-0.4, -0.2) is 47.7 Å². The summed E-state index contributed by atoms with van der Waals surface area (Å²) in [5.41, 5.74) is 1.22. The van der Waals surface area contributed by atoms with Crippen LogP contribution in [-0.2, 0) is 20.7 Å². The molecule has 138 valence electrons. The van der Waals surface area contributed by atoms with Crippen molar-refractivity contribution in [1.82, 2.24) is 4.90 Å². The maximum absolute atomic E-state index is 12.6. The number of ether oxygens (including phenoxy) is 1. The number of hydrogen-bond acceptors (Lipinski definition) is 3. The van der Waals surface area contributed by atoms with E-state index in [1.54, 1.807) is 12.0 Å². The van der Waals surface area contributed by atoms with E-state index in [9.17, 15) is 9.59 Å². The minimum Gasteiger partial charge on any atom is -0.481 e. The van der Waals surface area contributed by atoms with Crippen LogP contribution in [0.2, 0.25) is 0 Å². The number of aliphatic carboxylic acids is 1. The van der Waals surface area contributed by atoms with Crippen molar-refractivity contribution in [3.05, 3.63) is 48.0 Å². The molecule has 1 N–H and O–H groups in total. The average molecular weight is 355 g/mol. The van der Waals surface area contributed by atoms with Gasteiger partial charge in [-0.25, -0.2) is 0 Å². The number of benzene rings is 2. The number of aryl methyl sites for hydroxylation is 1. The van der Waals surface area contributed by atoms with Gasteiger partial charge >= 0.3 is 5.97 Å². The Labute approximate surface area is 153 Å². The van der Waals surface area contributed by atoms with E-state index in [-0.39, 0.29) is 24.5 Å². The Balaban J connectivity index is 1.56. The predicted octanol–water partition coefficient (Wildman–Crippen LogP) is 3.25. The third kappa shape index (κ3) is 4.41. The Kier molecular flexibility index (Phi) is 5.89. The van der Waals surface area contributed by atoms with Crippen molar-refractivity contribution in [2.24, 2.45) is 0 Å². The van der Waals surface area contributed by atoms with Gasteiger partial charge in [0.15, 0.2) is 0 Å². The molecule has 1 fully saturated rings. The molecule has 2 aromatic rings. The van der Waals surface area contributed by atoms with Crippen molar-refractivity contribution < 1.29 is 19.4 Å². The highest BCUT2D eigenvalue weighted by Gasteiger charge is 2.36. The largest absolute Gasteiger partial charge is 0.481 e. The minimum absolute atomic E-state index is 0.0176. The number of carbonyl (C=O) groups excluding carboxylic acids is 1. The Morgan fingerprint density at radius 3 is 2.69 bits per heavy atom. The lowest BCUT2D eigenvalue weighted by Gasteiger charge is -2.23. The van der Waals surface area contributed by atoms with Crippen molar-refractivity contribution in [3.8, 4) is 0 Å². The van der Waals surface area contributed by atoms with E-state index in [4.69, 9.17) is 9.84 Å². The molecule has 1 heterocycles. The number of methoxy groups -OCH3 is 1. The van der Waals surface area contributed by atoms with Crippen molar-refractivity contribution in [1.29, 1.82) is 0 Å². The molecule has 5 heteroatoms. The zero-order valence-corrected chi connectivity index (χ0v) is 15.1. The summed E-state index contributed by atoms with van der Waals surface area (Å²) in [6.45, 7) is 0.489. The minimum atomic E-state index is -0.874. The third-order valence-corrected chi connectivity index (χ3v) is 5.11. The molecule has 0 spiro atoms. The van der Waals surface area contributed by atoms with Gasteiger partial charge in [0.25, 0.3) is 0 Å². The highest BCUT2D eigenvalue weighted by molar-refractivity contribution is 5.83. The lowest BCUT2D eigenvalue weighted by Crippen LogP contribution is -2.37. The fourth-order valence-electron chi connectivity index (χ4n) is 3.73. The summed E-state index contributed by atoms with van der Waals surface area (Å²) in [7, 11) is 1.61. The lowest BCUT2D eigenvalue weighted by molar-refractivity contribution is -0.139. The second kappa shape index (κ2) is 8.32. The molecule has 2 atom stereocenters. The average Bonchev–Trinajstić information content (AvgIpc) is 3.04. The number of nitrogens with zero attached hydrogens (tertiary/aromatic N) is 1. The Bertz CT molecular complexity index is 788. The number of carboxylic acids is 1. The lowest BCUT2D eigenvalue weighted by atomic mass is 10.0. The molecule has 26 heavy (non-hydrogen) atoms. The van der Waals surface area contributed by atoms with Gasteiger partial charge in [-0.3, -0.25) is 9.59 Å². The van der Waals surface area contributed by atoms with Gasteiger partial charge in [0, 0.05) is 26.1 Å². The van der Waals surface area contributed by atoms with Crippen LogP contribution < -0.4 is 0 Å². The monoisotopic (exact) mass is 355 g/mol. The van der Waals surface area contributed by atoms with E-state index in [2.05, 4.69) is 30.3 Å². The molecule has 1 amide bonds. The van der Waals surface area contributed by atoms with E-state index in [1.165, 1.54) is 16.3 Å². The molecule has 0 aliphatic carbocycles. The molecule has 1 saturated heterocycles. The van der Waals surface area contributed by atoms with E-state index in [0.717, 1.165) is 12.8 Å². The van der Waals surface area contributed by atoms with Crippen LogP contribution in [0.3, 0.4) is 0 Å². The molecule has 0 radical (unpaired) electrons. The van der Waals surface area contributed by atoms with Crippen LogP contribution in [0.25, 0.3) is 10.8 Å². The predicted molar refractivity (Wildman–Crippen MR) is 100 cm³/mol. The molecule has 2 aromatic carbocycles. The number of fused-ring (bicyclic) bond motifs is 1. The van der Waals surface area contributed by atoms with Crippen LogP contribution >= 0.6 is 0 Å². The van der Waals surface area contributed by atoms with Gasteiger partial charge in [-0.2, -0.15) is 0 Å². The molecule has 3 rings (SSSR count). The van der Waals surface area contributed by atoms with Gasteiger partial charge in [-0.05, 0) is 35.6 Å². The smallest absolute Gasteiger partial charge is 0.305 e. The summed E-state index contributed by atoms with van der Waals surface area (Å²) >= 11 is 0. The number of carboxylic acid groups (broad SMARTS) is 1. The molecule has 5 nitrogen and oxygen atoms in total. The molecule has 1 aliphatic heterocycles. The summed E-state index contributed by atoms with van der Waals surface area (Å²) in [5.74, 6) is -0.850. The first-order valence-electron chi connectivity index (χ1n) is 9.08. The van der Waals surface area contributed by atoms with Gasteiger partial charge in [-0.1, -0.05) is 42.5 Å². The topological polar surface area (TPSA) is 66.8 Å². The number of likely N-dealkylation sites (tertiary alicyclic amines) is 1. The Hall–Kier alpha value is -2.40. The molecule has 2 unspecified atom stereocenters. The van der Waals surface area contributed by atoms with Gasteiger partial charge in [-0.15, -0.1) is 0 Å². The third-order valence-electron chi connectivity index (χ3n) is 5.11. The van der Waals surface area contributed by atoms with Crippen LogP contribution in [0.1, 0.15) is 31.2 Å². The maximum Gasteiger partial charge on any atom is 0.305 e. The zero-order chi connectivity index (χ0) is 18.5. The van der Waals surface area contributed by atoms with E-state index in [0.29, 0.717) is 19.4 Å². The van der Waals surface area contributed by atoms with Gasteiger partial charge in [0.2, 0.25) is 5.91 Å². The highest BCUT2D eigenvalue weighted by Crippen LogP contribution is 2.24. The molecule has 0 aromatic heterocycles. The Morgan fingerprint density at radius 1 is 1.19 bits per heavy atom. The first kappa shape index (κ1) is 18.4. The summed E-state index contributed by atoms with van der Waals surface area (Å²) < 4.78 is 5.33. The second-order valence-corrected chi connectivity index (χ2v) is 6.93. The SMILES string of the molecule is COC1CC(CC(=O)O)N(C(=O)CCCc2ccc3ccccc3c2)C1. The number of amides is 1. The van der Waals surface area contributed by atoms with E-state index >= 15 is 0 Å². The molecule has 0 saturated carbocycles. The van der Waals surface area contributed by atoms with Crippen molar-refractivity contribution in [3.63, 3.8) is 0 Å². The molecular weight excluding hydrogens is 330 g/mol. The number of hydrogen-bond donors (Lipinski definition) is 1. The fourth-order valence-corrected chi connectivity index (χ4v) is 3.73. The summed E-state index contributed by atoms with van der Waals surface area (Å²) in [5, 5.41) is 11.5. The van der Waals surface area contributed by atoms with Crippen molar-refractivity contribution in [2.75, 3.05) is 13.7 Å². The van der Waals surface area contributed by atoms with Gasteiger partial charge < -0.3 is 14.7 Å². The van der Waals surface area contributed by atoms with Crippen molar-refractivity contribution in [2.45, 2.75) is 44.2 Å². The van der Waals surface area contributed by atoms with Gasteiger partial charge in [0.05, 0.1) is 12.5 Å². The second-order valence-electron chi connectivity index (χ2n) is 6.93. The van der Waals surface area contributed by atoms with Crippen LogP contribution in [0, 0.1) is 0 Å². The summed E-state index contributed by atoms with van der Waals surface area (Å²) in [6, 6.07) is 14.4.